The lowest BCUT2D eigenvalue weighted by atomic mass is 9.73. The second kappa shape index (κ2) is 12.1. The minimum absolute atomic E-state index is 0.569. The predicted octanol–water partition coefficient (Wildman–Crippen LogP) is 9.91. The fourth-order valence-electron chi connectivity index (χ4n) is 6.98. The first-order chi connectivity index (χ1) is 13.8. The summed E-state index contributed by atoms with van der Waals surface area (Å²) in [5.41, 5.74) is 0.569. The first-order valence-corrected chi connectivity index (χ1v) is 13.8. The van der Waals surface area contributed by atoms with E-state index >= 15 is 0 Å². The molecule has 0 nitrogen and oxygen atoms in total. The SMILES string of the molecule is CCC(C)CC1CC2CC1C1CCCC21.CCCCC(CC)CCC(C)(C)CC. The average Bonchev–Trinajstić information content (AvgIpc) is 3.42. The Balaban J connectivity index is 0.000000208. The van der Waals surface area contributed by atoms with Crippen LogP contribution in [-0.4, -0.2) is 0 Å². The second-order valence-corrected chi connectivity index (χ2v) is 12.1. The minimum Gasteiger partial charge on any atom is -0.0654 e. The Bertz CT molecular complexity index is 435. The molecule has 0 spiro atoms. The normalized spacial score (nSPS) is 32.6. The van der Waals surface area contributed by atoms with E-state index in [2.05, 4.69) is 48.5 Å². The van der Waals surface area contributed by atoms with E-state index in [9.17, 15) is 0 Å². The Morgan fingerprint density at radius 2 is 1.59 bits per heavy atom. The van der Waals surface area contributed by atoms with Gasteiger partial charge in [0.15, 0.2) is 0 Å². The molecule has 0 heterocycles. The van der Waals surface area contributed by atoms with Gasteiger partial charge < -0.3 is 0 Å². The molecule has 0 heteroatoms. The van der Waals surface area contributed by atoms with Crippen molar-refractivity contribution in [2.45, 2.75) is 138 Å². The first kappa shape index (κ1) is 25.3. The van der Waals surface area contributed by atoms with Gasteiger partial charge in [-0.15, -0.1) is 0 Å². The van der Waals surface area contributed by atoms with Gasteiger partial charge in [0.1, 0.15) is 0 Å². The number of fused-ring (bicyclic) bond motifs is 5. The molecule has 0 radical (unpaired) electrons. The standard InChI is InChI=1S/C15H26.C14H30/c1-3-10(2)7-11-8-12-9-15(11)14-6-4-5-13(12)14;1-6-9-10-13(7-2)11-12-14(4,5)8-3/h10-15H,3-9H2,1-2H3;13H,6-12H2,1-5H3. The lowest BCUT2D eigenvalue weighted by molar-refractivity contribution is 0.166. The molecule has 0 amide bonds. The van der Waals surface area contributed by atoms with Crippen LogP contribution in [0.5, 0.6) is 0 Å². The van der Waals surface area contributed by atoms with Gasteiger partial charge >= 0.3 is 0 Å². The van der Waals surface area contributed by atoms with Crippen molar-refractivity contribution in [3.63, 3.8) is 0 Å². The highest BCUT2D eigenvalue weighted by molar-refractivity contribution is 5.02. The topological polar surface area (TPSA) is 0 Å². The summed E-state index contributed by atoms with van der Waals surface area (Å²) in [5, 5.41) is 0. The molecule has 0 aromatic carbocycles. The van der Waals surface area contributed by atoms with Crippen LogP contribution in [0.4, 0.5) is 0 Å². The molecule has 3 aliphatic rings. The predicted molar refractivity (Wildman–Crippen MR) is 131 cm³/mol. The van der Waals surface area contributed by atoms with Crippen molar-refractivity contribution in [1.82, 2.24) is 0 Å². The van der Waals surface area contributed by atoms with Crippen LogP contribution in [0.1, 0.15) is 138 Å². The molecule has 3 aliphatic carbocycles. The van der Waals surface area contributed by atoms with Crippen LogP contribution in [0.15, 0.2) is 0 Å². The maximum absolute atomic E-state index is 2.46. The quantitative estimate of drug-likeness (QED) is 0.321. The lowest BCUT2D eigenvalue weighted by Crippen LogP contribution is -2.25. The minimum atomic E-state index is 0.569. The molecule has 29 heavy (non-hydrogen) atoms. The molecule has 2 bridgehead atoms. The molecule has 3 fully saturated rings. The van der Waals surface area contributed by atoms with Gasteiger partial charge in [-0.25, -0.2) is 0 Å². The third-order valence-corrected chi connectivity index (χ3v) is 9.70. The Labute approximate surface area is 185 Å². The molecule has 0 aliphatic heterocycles. The van der Waals surface area contributed by atoms with E-state index < -0.39 is 0 Å². The fourth-order valence-corrected chi connectivity index (χ4v) is 6.98. The molecule has 172 valence electrons. The van der Waals surface area contributed by atoms with Crippen molar-refractivity contribution in [2.75, 3.05) is 0 Å². The van der Waals surface area contributed by atoms with Gasteiger partial charge in [-0.3, -0.25) is 0 Å². The molecule has 0 N–H and O–H groups in total. The number of hydrogen-bond acceptors (Lipinski definition) is 0. The summed E-state index contributed by atoms with van der Waals surface area (Å²) in [6, 6.07) is 0. The van der Waals surface area contributed by atoms with Gasteiger partial charge in [-0.1, -0.05) is 93.4 Å². The zero-order valence-electron chi connectivity index (χ0n) is 21.4. The van der Waals surface area contributed by atoms with Gasteiger partial charge in [-0.2, -0.15) is 0 Å². The third kappa shape index (κ3) is 7.28. The van der Waals surface area contributed by atoms with Crippen molar-refractivity contribution < 1.29 is 0 Å². The Morgan fingerprint density at radius 3 is 2.21 bits per heavy atom. The largest absolute Gasteiger partial charge is 0.0654 e. The van der Waals surface area contributed by atoms with Crippen molar-refractivity contribution in [1.29, 1.82) is 0 Å². The van der Waals surface area contributed by atoms with Crippen molar-refractivity contribution >= 4 is 0 Å². The zero-order chi connectivity index (χ0) is 21.4. The van der Waals surface area contributed by atoms with E-state index in [1.54, 1.807) is 38.5 Å². The van der Waals surface area contributed by atoms with E-state index in [0.717, 1.165) is 29.6 Å². The lowest BCUT2D eigenvalue weighted by Gasteiger charge is -2.32. The molecule has 7 unspecified atom stereocenters. The van der Waals surface area contributed by atoms with E-state index in [-0.39, 0.29) is 0 Å². The summed E-state index contributed by atoms with van der Waals surface area (Å²) in [7, 11) is 0. The molecule has 0 saturated heterocycles. The third-order valence-electron chi connectivity index (χ3n) is 9.70. The molecular formula is C29H56. The highest BCUT2D eigenvalue weighted by atomic mass is 14.6. The van der Waals surface area contributed by atoms with Gasteiger partial charge in [0.05, 0.1) is 0 Å². The van der Waals surface area contributed by atoms with Gasteiger partial charge in [0.2, 0.25) is 0 Å². The van der Waals surface area contributed by atoms with Crippen LogP contribution < -0.4 is 0 Å². The van der Waals surface area contributed by atoms with Crippen LogP contribution in [-0.2, 0) is 0 Å². The summed E-state index contributed by atoms with van der Waals surface area (Å²) in [6.45, 7) is 16.6. The van der Waals surface area contributed by atoms with E-state index in [1.165, 1.54) is 63.2 Å². The Kier molecular flexibility index (Phi) is 10.6. The molecule has 0 aromatic heterocycles. The highest BCUT2D eigenvalue weighted by Gasteiger charge is 2.53. The zero-order valence-corrected chi connectivity index (χ0v) is 21.4. The maximum Gasteiger partial charge on any atom is -0.0352 e. The van der Waals surface area contributed by atoms with Crippen LogP contribution in [0.2, 0.25) is 0 Å². The smallest absolute Gasteiger partial charge is 0.0352 e. The molecule has 3 rings (SSSR count). The number of hydrogen-bond donors (Lipinski definition) is 0. The molecule has 7 atom stereocenters. The average molecular weight is 405 g/mol. The summed E-state index contributed by atoms with van der Waals surface area (Å²) in [6.07, 6.45) is 20.7. The highest BCUT2D eigenvalue weighted by Crippen LogP contribution is 2.62. The Hall–Kier alpha value is 0. The fraction of sp³-hybridized carbons (Fsp3) is 1.00. The van der Waals surface area contributed by atoms with Crippen LogP contribution in [0.25, 0.3) is 0 Å². The summed E-state index contributed by atoms with van der Waals surface area (Å²) in [5.74, 6) is 7.79. The van der Waals surface area contributed by atoms with E-state index in [4.69, 9.17) is 0 Å². The molecular weight excluding hydrogens is 348 g/mol. The summed E-state index contributed by atoms with van der Waals surface area (Å²) >= 11 is 0. The molecule has 3 saturated carbocycles. The van der Waals surface area contributed by atoms with Crippen LogP contribution in [0.3, 0.4) is 0 Å². The Morgan fingerprint density at radius 1 is 0.862 bits per heavy atom. The number of unbranched alkanes of at least 4 members (excludes halogenated alkanes) is 1. The monoisotopic (exact) mass is 404 g/mol. The summed E-state index contributed by atoms with van der Waals surface area (Å²) in [4.78, 5) is 0. The van der Waals surface area contributed by atoms with Gasteiger partial charge in [0.25, 0.3) is 0 Å². The maximum atomic E-state index is 2.46. The van der Waals surface area contributed by atoms with E-state index in [1.807, 2.05) is 0 Å². The van der Waals surface area contributed by atoms with Crippen LogP contribution >= 0.6 is 0 Å². The second-order valence-electron chi connectivity index (χ2n) is 12.1. The van der Waals surface area contributed by atoms with E-state index in [0.29, 0.717) is 5.41 Å². The van der Waals surface area contributed by atoms with Crippen molar-refractivity contribution in [3.05, 3.63) is 0 Å². The summed E-state index contributed by atoms with van der Waals surface area (Å²) < 4.78 is 0. The van der Waals surface area contributed by atoms with Gasteiger partial charge in [0, 0.05) is 0 Å². The number of rotatable bonds is 11. The molecule has 0 aromatic rings. The van der Waals surface area contributed by atoms with Crippen molar-refractivity contribution in [2.24, 2.45) is 46.8 Å². The van der Waals surface area contributed by atoms with Crippen LogP contribution in [0, 0.1) is 46.8 Å². The van der Waals surface area contributed by atoms with Gasteiger partial charge in [-0.05, 0) is 91.8 Å². The first-order valence-electron chi connectivity index (χ1n) is 13.8. The van der Waals surface area contributed by atoms with Crippen molar-refractivity contribution in [3.8, 4) is 0 Å².